The normalized spacial score (nSPS) is 17.6. The molecule has 0 aliphatic heterocycles. The van der Waals surface area contributed by atoms with Gasteiger partial charge in [0.2, 0.25) is 0 Å². The number of nitrogens with two attached hydrogens (primary N) is 1. The van der Waals surface area contributed by atoms with Crippen LogP contribution in [0.1, 0.15) is 41.3 Å². The van der Waals surface area contributed by atoms with Crippen molar-refractivity contribution in [3.63, 3.8) is 0 Å². The van der Waals surface area contributed by atoms with Crippen LogP contribution in [-0.4, -0.2) is 4.98 Å². The maximum atomic E-state index is 6.58. The molecule has 2 atom stereocenters. The molecule has 32 heavy (non-hydrogen) atoms. The Morgan fingerprint density at radius 2 is 1.75 bits per heavy atom. The van der Waals surface area contributed by atoms with Gasteiger partial charge in [0.1, 0.15) is 12.4 Å². The summed E-state index contributed by atoms with van der Waals surface area (Å²) in [6.45, 7) is 0.572. The summed E-state index contributed by atoms with van der Waals surface area (Å²) in [7, 11) is 0. The van der Waals surface area contributed by atoms with E-state index in [2.05, 4.69) is 41.4 Å². The topological polar surface area (TPSA) is 51.0 Å². The number of benzene rings is 3. The highest BCUT2D eigenvalue weighted by molar-refractivity contribution is 6.30. The van der Waals surface area contributed by atoms with E-state index in [1.165, 1.54) is 27.8 Å². The van der Waals surface area contributed by atoms with Crippen LogP contribution in [0.4, 0.5) is 0 Å². The molecule has 1 aliphatic carbocycles. The summed E-state index contributed by atoms with van der Waals surface area (Å²) in [5, 5.41) is 2.03. The second-order valence-electron chi connectivity index (χ2n) is 8.58. The molecule has 3 N–H and O–H groups in total. The maximum absolute atomic E-state index is 6.58. The van der Waals surface area contributed by atoms with Gasteiger partial charge in [-0.1, -0.05) is 54.1 Å². The zero-order chi connectivity index (χ0) is 21.2. The number of hydrogen-bond donors (Lipinski definition) is 2. The third-order valence-electron chi connectivity index (χ3n) is 6.36. The number of ether oxygens (including phenoxy) is 1. The van der Waals surface area contributed by atoms with Crippen LogP contribution in [0, 0.1) is 5.92 Å². The van der Waals surface area contributed by atoms with Gasteiger partial charge in [0, 0.05) is 27.7 Å². The van der Waals surface area contributed by atoms with Crippen molar-refractivity contribution < 1.29 is 4.74 Å². The molecule has 5 heteroatoms. The Bertz CT molecular complexity index is 1170. The highest BCUT2D eigenvalue weighted by atomic mass is 35.5. The highest BCUT2D eigenvalue weighted by Gasteiger charge is 2.28. The van der Waals surface area contributed by atoms with Crippen molar-refractivity contribution in [1.82, 2.24) is 4.98 Å². The number of rotatable bonds is 6. The number of fused-ring (bicyclic) bond motifs is 3. The molecule has 0 saturated heterocycles. The summed E-state index contributed by atoms with van der Waals surface area (Å²) >= 11 is 6.02. The van der Waals surface area contributed by atoms with Crippen molar-refractivity contribution in [2.75, 3.05) is 0 Å². The van der Waals surface area contributed by atoms with Crippen LogP contribution in [0.2, 0.25) is 5.02 Å². The van der Waals surface area contributed by atoms with E-state index in [0.29, 0.717) is 12.5 Å². The van der Waals surface area contributed by atoms with Crippen LogP contribution in [-0.2, 0) is 19.4 Å². The van der Waals surface area contributed by atoms with Crippen LogP contribution in [0.15, 0.2) is 72.8 Å². The van der Waals surface area contributed by atoms with E-state index in [1.54, 1.807) is 0 Å². The third kappa shape index (κ3) is 4.96. The van der Waals surface area contributed by atoms with E-state index in [1.807, 2.05) is 36.4 Å². The van der Waals surface area contributed by atoms with Gasteiger partial charge in [0.25, 0.3) is 0 Å². The average molecular weight is 467 g/mol. The van der Waals surface area contributed by atoms with Crippen LogP contribution in [0.3, 0.4) is 0 Å². The lowest BCUT2D eigenvalue weighted by molar-refractivity contribution is 0.306. The number of H-pyrrole nitrogens is 1. The van der Waals surface area contributed by atoms with Gasteiger partial charge >= 0.3 is 0 Å². The Morgan fingerprint density at radius 3 is 2.53 bits per heavy atom. The Labute approximate surface area is 200 Å². The van der Waals surface area contributed by atoms with Gasteiger partial charge in [-0.05, 0) is 78.6 Å². The maximum Gasteiger partial charge on any atom is 0.120 e. The van der Waals surface area contributed by atoms with Crippen LogP contribution in [0.25, 0.3) is 10.9 Å². The van der Waals surface area contributed by atoms with E-state index in [-0.39, 0.29) is 18.4 Å². The van der Waals surface area contributed by atoms with Crippen LogP contribution >= 0.6 is 24.0 Å². The lowest BCUT2D eigenvalue weighted by Crippen LogP contribution is -2.24. The van der Waals surface area contributed by atoms with E-state index in [9.17, 15) is 0 Å². The molecular formula is C27H28Cl2N2O. The number of hydrogen-bond acceptors (Lipinski definition) is 2. The first-order valence-electron chi connectivity index (χ1n) is 11.0. The Morgan fingerprint density at radius 1 is 0.969 bits per heavy atom. The fourth-order valence-corrected chi connectivity index (χ4v) is 4.83. The Balaban J connectivity index is 0.00000245. The first kappa shape index (κ1) is 22.7. The molecule has 3 aromatic carbocycles. The quantitative estimate of drug-likeness (QED) is 0.320. The number of aryl methyl sites for hydroxylation is 1. The highest BCUT2D eigenvalue weighted by Crippen LogP contribution is 2.39. The van der Waals surface area contributed by atoms with Gasteiger partial charge in [0.05, 0.1) is 0 Å². The number of halogens is 2. The summed E-state index contributed by atoms with van der Waals surface area (Å²) in [4.78, 5) is 3.57. The Hall–Kier alpha value is -2.46. The smallest absolute Gasteiger partial charge is 0.120 e. The molecular weight excluding hydrogens is 439 g/mol. The molecule has 0 amide bonds. The zero-order valence-corrected chi connectivity index (χ0v) is 19.5. The molecule has 0 spiro atoms. The van der Waals surface area contributed by atoms with E-state index < -0.39 is 0 Å². The fourth-order valence-electron chi connectivity index (χ4n) is 4.71. The molecule has 166 valence electrons. The van der Waals surface area contributed by atoms with Gasteiger partial charge in [-0.2, -0.15) is 0 Å². The monoisotopic (exact) mass is 466 g/mol. The minimum atomic E-state index is 0. The summed E-state index contributed by atoms with van der Waals surface area (Å²) in [6, 6.07) is 24.8. The number of aromatic nitrogens is 1. The first-order valence-corrected chi connectivity index (χ1v) is 11.3. The van der Waals surface area contributed by atoms with Crippen LogP contribution < -0.4 is 10.5 Å². The van der Waals surface area contributed by atoms with Gasteiger partial charge in [-0.3, -0.25) is 0 Å². The molecule has 2 unspecified atom stereocenters. The predicted octanol–water partition coefficient (Wildman–Crippen LogP) is 7.02. The van der Waals surface area contributed by atoms with Crippen LogP contribution in [0.5, 0.6) is 5.75 Å². The fraction of sp³-hybridized carbons (Fsp3) is 0.259. The lowest BCUT2D eigenvalue weighted by Gasteiger charge is -2.27. The Kier molecular flexibility index (Phi) is 7.10. The summed E-state index contributed by atoms with van der Waals surface area (Å²) in [6.07, 6.45) is 4.26. The van der Waals surface area contributed by atoms with Gasteiger partial charge in [-0.25, -0.2) is 0 Å². The summed E-state index contributed by atoms with van der Waals surface area (Å²) in [5.74, 6) is 1.47. The van der Waals surface area contributed by atoms with E-state index in [4.69, 9.17) is 22.1 Å². The molecule has 0 saturated carbocycles. The molecule has 5 rings (SSSR count). The third-order valence-corrected chi connectivity index (χ3v) is 6.62. The van der Waals surface area contributed by atoms with Crippen molar-refractivity contribution in [2.45, 2.75) is 38.3 Å². The molecule has 1 aliphatic rings. The van der Waals surface area contributed by atoms with Gasteiger partial charge in [-0.15, -0.1) is 12.4 Å². The van der Waals surface area contributed by atoms with Crippen molar-refractivity contribution in [2.24, 2.45) is 11.7 Å². The molecule has 0 radical (unpaired) electrons. The van der Waals surface area contributed by atoms with Gasteiger partial charge < -0.3 is 15.5 Å². The molecule has 1 aromatic heterocycles. The van der Waals surface area contributed by atoms with Crippen molar-refractivity contribution in [1.29, 1.82) is 0 Å². The minimum absolute atomic E-state index is 0. The van der Waals surface area contributed by atoms with Gasteiger partial charge in [0.15, 0.2) is 0 Å². The second-order valence-corrected chi connectivity index (χ2v) is 9.01. The summed E-state index contributed by atoms with van der Waals surface area (Å²) in [5.41, 5.74) is 12.8. The van der Waals surface area contributed by atoms with E-state index in [0.717, 1.165) is 42.0 Å². The van der Waals surface area contributed by atoms with E-state index >= 15 is 0 Å². The largest absolute Gasteiger partial charge is 0.489 e. The molecule has 0 bridgehead atoms. The molecule has 0 fully saturated rings. The molecule has 3 nitrogen and oxygen atoms in total. The molecule has 1 heterocycles. The number of nitrogens with one attached hydrogen (secondary N) is 1. The summed E-state index contributed by atoms with van der Waals surface area (Å²) < 4.78 is 6.07. The zero-order valence-electron chi connectivity index (χ0n) is 17.9. The van der Waals surface area contributed by atoms with Crippen molar-refractivity contribution in [3.8, 4) is 5.75 Å². The minimum Gasteiger partial charge on any atom is -0.489 e. The standard InChI is InChI=1S/C27H27ClN2O.ClH/c28-21-10-8-18(9-11-21)6-7-20-14-24-23-16-22(31-17-19-4-2-1-3-5-19)12-13-26(23)30-27(24)25(29)15-20;/h1-5,8-13,16,20,25,30H,6-7,14-15,17,29H2;1H. The molecule has 4 aromatic rings. The van der Waals surface area contributed by atoms with Crippen molar-refractivity contribution in [3.05, 3.63) is 100 Å². The second kappa shape index (κ2) is 9.99. The number of aromatic amines is 1. The predicted molar refractivity (Wildman–Crippen MR) is 135 cm³/mol. The average Bonchev–Trinajstić information content (AvgIpc) is 3.17. The first-order chi connectivity index (χ1) is 15.2. The lowest BCUT2D eigenvalue weighted by atomic mass is 9.81. The SMILES string of the molecule is Cl.NC1CC(CCc2ccc(Cl)cc2)Cc2c1[nH]c1ccc(OCc3ccccc3)cc21. The van der Waals surface area contributed by atoms with Crippen molar-refractivity contribution >= 4 is 34.9 Å².